The zero-order valence-corrected chi connectivity index (χ0v) is 12.9. The number of rotatable bonds is 6. The minimum Gasteiger partial charge on any atom is -0.482 e. The molecule has 0 N–H and O–H groups in total. The van der Waals surface area contributed by atoms with Gasteiger partial charge >= 0.3 is 5.97 Å². The average Bonchev–Trinajstić information content (AvgIpc) is 2.54. The summed E-state index contributed by atoms with van der Waals surface area (Å²) in [4.78, 5) is 22.1. The second-order valence-electron chi connectivity index (χ2n) is 5.10. The zero-order valence-electron chi connectivity index (χ0n) is 12.9. The maximum absolute atomic E-state index is 11.7. The minimum absolute atomic E-state index is 0.0734. The lowest BCUT2D eigenvalue weighted by Gasteiger charge is -2.10. The zero-order chi connectivity index (χ0) is 16.8. The lowest BCUT2D eigenvalue weighted by atomic mass is 10.1. The van der Waals surface area contributed by atoms with Crippen molar-refractivity contribution in [3.8, 4) is 5.75 Å². The van der Waals surface area contributed by atoms with Gasteiger partial charge in [-0.3, -0.25) is 10.1 Å². The summed E-state index contributed by atoms with van der Waals surface area (Å²) in [6.45, 7) is 3.41. The fourth-order valence-corrected chi connectivity index (χ4v) is 2.01. The Morgan fingerprint density at radius 2 is 1.91 bits per heavy atom. The first-order valence-electron chi connectivity index (χ1n) is 7.05. The molecule has 0 aliphatic heterocycles. The van der Waals surface area contributed by atoms with Gasteiger partial charge in [-0.1, -0.05) is 24.3 Å². The highest BCUT2D eigenvalue weighted by Gasteiger charge is 2.14. The largest absolute Gasteiger partial charge is 0.482 e. The Labute approximate surface area is 133 Å². The molecule has 0 saturated carbocycles. The number of carbonyl (C=O) groups excluding carboxylic acids is 1. The summed E-state index contributed by atoms with van der Waals surface area (Å²) in [6.07, 6.45) is 0. The van der Waals surface area contributed by atoms with Crippen molar-refractivity contribution in [2.24, 2.45) is 0 Å². The Morgan fingerprint density at radius 3 is 2.65 bits per heavy atom. The standard InChI is InChI=1S/C17H17NO5/c1-12-7-8-13(2)16(9-12)22-11-17(19)23-10-14-5-3-4-6-15(14)18(20)21/h3-9H,10-11H2,1-2H3. The third-order valence-corrected chi connectivity index (χ3v) is 3.27. The molecule has 0 heterocycles. The van der Waals surface area contributed by atoms with Crippen LogP contribution >= 0.6 is 0 Å². The summed E-state index contributed by atoms with van der Waals surface area (Å²) in [7, 11) is 0. The van der Waals surface area contributed by atoms with Gasteiger partial charge in [0.25, 0.3) is 5.69 Å². The monoisotopic (exact) mass is 315 g/mol. The number of hydrogen-bond donors (Lipinski definition) is 0. The van der Waals surface area contributed by atoms with Crippen LogP contribution in [0.4, 0.5) is 5.69 Å². The molecule has 0 aliphatic rings. The molecule has 0 spiro atoms. The van der Waals surface area contributed by atoms with Crippen molar-refractivity contribution < 1.29 is 19.2 Å². The van der Waals surface area contributed by atoms with Crippen molar-refractivity contribution in [3.05, 3.63) is 69.3 Å². The van der Waals surface area contributed by atoms with Gasteiger partial charge in [-0.15, -0.1) is 0 Å². The summed E-state index contributed by atoms with van der Waals surface area (Å²) in [5, 5.41) is 10.9. The topological polar surface area (TPSA) is 78.7 Å². The molecule has 0 bridgehead atoms. The van der Waals surface area contributed by atoms with Crippen molar-refractivity contribution in [1.82, 2.24) is 0 Å². The van der Waals surface area contributed by atoms with Gasteiger partial charge in [0, 0.05) is 6.07 Å². The predicted molar refractivity (Wildman–Crippen MR) is 84.3 cm³/mol. The summed E-state index contributed by atoms with van der Waals surface area (Å²) in [5.41, 5.74) is 2.22. The third-order valence-electron chi connectivity index (χ3n) is 3.27. The number of nitrogens with zero attached hydrogens (tertiary/aromatic N) is 1. The van der Waals surface area contributed by atoms with Crippen LogP contribution in [-0.2, 0) is 16.1 Å². The Balaban J connectivity index is 1.91. The van der Waals surface area contributed by atoms with Crippen LogP contribution < -0.4 is 4.74 Å². The minimum atomic E-state index is -0.580. The Morgan fingerprint density at radius 1 is 1.17 bits per heavy atom. The number of nitro groups is 1. The van der Waals surface area contributed by atoms with E-state index < -0.39 is 10.9 Å². The second kappa shape index (κ2) is 7.40. The number of para-hydroxylation sites is 1. The van der Waals surface area contributed by atoms with Gasteiger partial charge in [0.05, 0.1) is 10.5 Å². The van der Waals surface area contributed by atoms with Crippen molar-refractivity contribution in [2.45, 2.75) is 20.5 Å². The summed E-state index contributed by atoms with van der Waals surface area (Å²) in [6, 6.07) is 11.8. The Hall–Kier alpha value is -2.89. The van der Waals surface area contributed by atoms with Crippen LogP contribution in [0.5, 0.6) is 5.75 Å². The van der Waals surface area contributed by atoms with Crippen LogP contribution in [0.2, 0.25) is 0 Å². The number of hydrogen-bond acceptors (Lipinski definition) is 5. The molecule has 2 aromatic rings. The van der Waals surface area contributed by atoms with Crippen molar-refractivity contribution in [2.75, 3.05) is 6.61 Å². The van der Waals surface area contributed by atoms with Crippen molar-refractivity contribution in [3.63, 3.8) is 0 Å². The fraction of sp³-hybridized carbons (Fsp3) is 0.235. The van der Waals surface area contributed by atoms with Gasteiger partial charge in [0.2, 0.25) is 0 Å². The molecule has 23 heavy (non-hydrogen) atoms. The van der Waals surface area contributed by atoms with Gasteiger partial charge in [-0.05, 0) is 37.1 Å². The van der Waals surface area contributed by atoms with Gasteiger partial charge in [0.1, 0.15) is 12.4 Å². The van der Waals surface area contributed by atoms with Crippen LogP contribution in [0.15, 0.2) is 42.5 Å². The molecule has 0 amide bonds. The van der Waals surface area contributed by atoms with Gasteiger partial charge < -0.3 is 9.47 Å². The maximum atomic E-state index is 11.7. The van der Waals surface area contributed by atoms with E-state index >= 15 is 0 Å². The molecule has 2 rings (SSSR count). The Bertz CT molecular complexity index is 727. The number of nitro benzene ring substituents is 1. The van der Waals surface area contributed by atoms with Crippen LogP contribution in [-0.4, -0.2) is 17.5 Å². The highest BCUT2D eigenvalue weighted by Crippen LogP contribution is 2.20. The fourth-order valence-electron chi connectivity index (χ4n) is 2.01. The quantitative estimate of drug-likeness (QED) is 0.464. The lowest BCUT2D eigenvalue weighted by Crippen LogP contribution is -2.15. The van der Waals surface area contributed by atoms with Gasteiger partial charge in [-0.25, -0.2) is 4.79 Å². The molecule has 6 nitrogen and oxygen atoms in total. The molecule has 0 unspecified atom stereocenters. The number of benzene rings is 2. The first-order chi connectivity index (χ1) is 11.0. The highest BCUT2D eigenvalue weighted by atomic mass is 16.6. The van der Waals surface area contributed by atoms with Crippen molar-refractivity contribution >= 4 is 11.7 Å². The molecule has 120 valence electrons. The predicted octanol–water partition coefficient (Wildman–Crippen LogP) is 3.33. The van der Waals surface area contributed by atoms with E-state index in [1.165, 1.54) is 6.07 Å². The van der Waals surface area contributed by atoms with Crippen LogP contribution in [0.3, 0.4) is 0 Å². The van der Waals surface area contributed by atoms with E-state index in [2.05, 4.69) is 0 Å². The first-order valence-corrected chi connectivity index (χ1v) is 7.05. The normalized spacial score (nSPS) is 10.2. The molecule has 0 aliphatic carbocycles. The Kier molecular flexibility index (Phi) is 5.30. The molecule has 6 heteroatoms. The van der Waals surface area contributed by atoms with E-state index in [0.29, 0.717) is 11.3 Å². The summed E-state index contributed by atoms with van der Waals surface area (Å²) < 4.78 is 10.5. The van der Waals surface area contributed by atoms with Gasteiger partial charge in [0.15, 0.2) is 6.61 Å². The molecule has 0 saturated heterocycles. The van der Waals surface area contributed by atoms with E-state index in [1.54, 1.807) is 18.2 Å². The number of esters is 1. The first kappa shape index (κ1) is 16.5. The van der Waals surface area contributed by atoms with E-state index in [9.17, 15) is 14.9 Å². The van der Waals surface area contributed by atoms with Crippen LogP contribution in [0, 0.1) is 24.0 Å². The molecule has 2 aromatic carbocycles. The van der Waals surface area contributed by atoms with E-state index in [0.717, 1.165) is 11.1 Å². The third kappa shape index (κ3) is 4.54. The lowest BCUT2D eigenvalue weighted by molar-refractivity contribution is -0.385. The summed E-state index contributed by atoms with van der Waals surface area (Å²) in [5.74, 6) is 0.0386. The van der Waals surface area contributed by atoms with Crippen LogP contribution in [0.25, 0.3) is 0 Å². The molecular weight excluding hydrogens is 298 g/mol. The highest BCUT2D eigenvalue weighted by molar-refractivity contribution is 5.71. The number of ether oxygens (including phenoxy) is 2. The summed E-state index contributed by atoms with van der Waals surface area (Å²) >= 11 is 0. The maximum Gasteiger partial charge on any atom is 0.344 e. The average molecular weight is 315 g/mol. The smallest absolute Gasteiger partial charge is 0.344 e. The molecule has 0 atom stereocenters. The van der Waals surface area contributed by atoms with Gasteiger partial charge in [-0.2, -0.15) is 0 Å². The number of carbonyl (C=O) groups is 1. The van der Waals surface area contributed by atoms with Crippen LogP contribution in [0.1, 0.15) is 16.7 Å². The van der Waals surface area contributed by atoms with E-state index in [4.69, 9.17) is 9.47 Å². The molecule has 0 radical (unpaired) electrons. The van der Waals surface area contributed by atoms with E-state index in [-0.39, 0.29) is 18.9 Å². The second-order valence-corrected chi connectivity index (χ2v) is 5.10. The number of aryl methyl sites for hydroxylation is 2. The molecular formula is C17H17NO5. The molecule has 0 fully saturated rings. The van der Waals surface area contributed by atoms with E-state index in [1.807, 2.05) is 32.0 Å². The SMILES string of the molecule is Cc1ccc(C)c(OCC(=O)OCc2ccccc2[N+](=O)[O-])c1. The van der Waals surface area contributed by atoms with Crippen molar-refractivity contribution in [1.29, 1.82) is 0 Å². The molecule has 0 aromatic heterocycles.